The smallest absolute Gasteiger partial charge is 0.128 e. The van der Waals surface area contributed by atoms with Crippen LogP contribution in [0.25, 0.3) is 11.1 Å². The molecule has 0 aliphatic carbocycles. The van der Waals surface area contributed by atoms with E-state index in [4.69, 9.17) is 0 Å². The summed E-state index contributed by atoms with van der Waals surface area (Å²) in [6.07, 6.45) is 3.49. The van der Waals surface area contributed by atoms with Gasteiger partial charge in [-0.1, -0.05) is 72.8 Å². The van der Waals surface area contributed by atoms with Gasteiger partial charge in [-0.15, -0.1) is 0 Å². The standard InChI is InChI=1S/C27H30N2OS/c30-31(27-15-7-6-14-26(27)24-11-2-1-3-12-24)29-17-8-9-22(20-29)19-28-18-16-23-10-4-5-13-25(23)21-28/h1-7,10-15,22H,8-9,16-21H2. The van der Waals surface area contributed by atoms with Gasteiger partial charge in [-0.25, -0.2) is 8.51 Å². The lowest BCUT2D eigenvalue weighted by Gasteiger charge is -2.36. The van der Waals surface area contributed by atoms with Crippen LogP contribution in [0.15, 0.2) is 83.8 Å². The number of rotatable bonds is 5. The van der Waals surface area contributed by atoms with E-state index in [1.165, 1.54) is 17.5 Å². The van der Waals surface area contributed by atoms with Crippen LogP contribution in [0.1, 0.15) is 24.0 Å². The van der Waals surface area contributed by atoms with E-state index in [1.807, 2.05) is 36.4 Å². The largest absolute Gasteiger partial charge is 0.298 e. The Kier molecular flexibility index (Phi) is 6.30. The second kappa shape index (κ2) is 9.47. The summed E-state index contributed by atoms with van der Waals surface area (Å²) in [7, 11) is -1.13. The minimum Gasteiger partial charge on any atom is -0.298 e. The van der Waals surface area contributed by atoms with Crippen molar-refractivity contribution < 1.29 is 4.21 Å². The molecule has 5 rings (SSSR count). The molecule has 2 aliphatic heterocycles. The van der Waals surface area contributed by atoms with Crippen LogP contribution >= 0.6 is 0 Å². The molecule has 0 saturated carbocycles. The van der Waals surface area contributed by atoms with Crippen LogP contribution in [-0.4, -0.2) is 39.6 Å². The highest BCUT2D eigenvalue weighted by Gasteiger charge is 2.28. The van der Waals surface area contributed by atoms with Crippen molar-refractivity contribution in [2.24, 2.45) is 5.92 Å². The highest BCUT2D eigenvalue weighted by atomic mass is 32.2. The van der Waals surface area contributed by atoms with Gasteiger partial charge in [0.2, 0.25) is 0 Å². The van der Waals surface area contributed by atoms with Crippen molar-refractivity contribution in [1.29, 1.82) is 0 Å². The molecule has 3 nitrogen and oxygen atoms in total. The monoisotopic (exact) mass is 430 g/mol. The zero-order valence-corrected chi connectivity index (χ0v) is 18.8. The van der Waals surface area contributed by atoms with E-state index in [0.29, 0.717) is 5.92 Å². The van der Waals surface area contributed by atoms with E-state index in [9.17, 15) is 4.21 Å². The molecule has 0 aromatic heterocycles. The minimum atomic E-state index is -1.13. The number of benzene rings is 3. The van der Waals surface area contributed by atoms with Gasteiger partial charge < -0.3 is 0 Å². The molecule has 4 heteroatoms. The van der Waals surface area contributed by atoms with Crippen molar-refractivity contribution in [2.45, 2.75) is 30.7 Å². The summed E-state index contributed by atoms with van der Waals surface area (Å²) in [5.41, 5.74) is 5.19. The Morgan fingerprint density at radius 3 is 2.45 bits per heavy atom. The van der Waals surface area contributed by atoms with E-state index >= 15 is 0 Å². The van der Waals surface area contributed by atoms with Gasteiger partial charge in [0.1, 0.15) is 11.0 Å². The number of nitrogens with zero attached hydrogens (tertiary/aromatic N) is 2. The molecule has 31 heavy (non-hydrogen) atoms. The molecular weight excluding hydrogens is 400 g/mol. The molecule has 2 atom stereocenters. The molecule has 0 N–H and O–H groups in total. The van der Waals surface area contributed by atoms with Gasteiger partial charge in [-0.3, -0.25) is 4.90 Å². The number of fused-ring (bicyclic) bond motifs is 1. The molecule has 160 valence electrons. The molecule has 3 aromatic carbocycles. The zero-order chi connectivity index (χ0) is 21.0. The Labute approximate surface area is 188 Å². The number of hydrogen-bond donors (Lipinski definition) is 0. The summed E-state index contributed by atoms with van der Waals surface area (Å²) in [6.45, 7) is 5.10. The highest BCUT2D eigenvalue weighted by molar-refractivity contribution is 7.82. The summed E-state index contributed by atoms with van der Waals surface area (Å²) < 4.78 is 15.8. The van der Waals surface area contributed by atoms with Gasteiger partial charge in [0.25, 0.3) is 0 Å². The first-order valence-corrected chi connectivity index (χ1v) is 12.5. The average Bonchev–Trinajstić information content (AvgIpc) is 2.84. The van der Waals surface area contributed by atoms with Crippen molar-refractivity contribution in [2.75, 3.05) is 26.2 Å². The first kappa shape index (κ1) is 20.6. The summed E-state index contributed by atoms with van der Waals surface area (Å²) in [6, 6.07) is 27.3. The maximum absolute atomic E-state index is 13.6. The van der Waals surface area contributed by atoms with Crippen molar-refractivity contribution in [3.63, 3.8) is 0 Å². The first-order valence-electron chi connectivity index (χ1n) is 11.4. The Bertz CT molecular complexity index is 1050. The van der Waals surface area contributed by atoms with Crippen molar-refractivity contribution >= 4 is 11.0 Å². The molecule has 2 aliphatic rings. The zero-order valence-electron chi connectivity index (χ0n) is 18.0. The minimum absolute atomic E-state index is 0.576. The van der Waals surface area contributed by atoms with E-state index in [2.05, 4.69) is 51.7 Å². The van der Waals surface area contributed by atoms with Gasteiger partial charge in [-0.05, 0) is 53.5 Å². The number of piperidine rings is 1. The third kappa shape index (κ3) is 4.67. The van der Waals surface area contributed by atoms with E-state index in [0.717, 1.165) is 61.6 Å². The summed E-state index contributed by atoms with van der Waals surface area (Å²) in [5.74, 6) is 0.576. The molecule has 1 fully saturated rings. The summed E-state index contributed by atoms with van der Waals surface area (Å²) in [5, 5.41) is 0. The Balaban J connectivity index is 1.28. The van der Waals surface area contributed by atoms with Crippen LogP contribution in [0, 0.1) is 5.92 Å². The maximum atomic E-state index is 13.6. The normalized spacial score (nSPS) is 20.8. The van der Waals surface area contributed by atoms with Gasteiger partial charge in [0, 0.05) is 32.7 Å². The highest BCUT2D eigenvalue weighted by Crippen LogP contribution is 2.30. The summed E-state index contributed by atoms with van der Waals surface area (Å²) in [4.78, 5) is 3.53. The van der Waals surface area contributed by atoms with Gasteiger partial charge in [-0.2, -0.15) is 0 Å². The first-order chi connectivity index (χ1) is 15.3. The third-order valence-corrected chi connectivity index (χ3v) is 8.14. The van der Waals surface area contributed by atoms with Crippen LogP contribution in [0.3, 0.4) is 0 Å². The Morgan fingerprint density at radius 1 is 0.839 bits per heavy atom. The van der Waals surface area contributed by atoms with Gasteiger partial charge >= 0.3 is 0 Å². The lowest BCUT2D eigenvalue weighted by atomic mass is 9.95. The second-order valence-electron chi connectivity index (χ2n) is 8.76. The fourth-order valence-electron chi connectivity index (χ4n) is 5.02. The van der Waals surface area contributed by atoms with Crippen LogP contribution in [-0.2, 0) is 24.0 Å². The second-order valence-corrected chi connectivity index (χ2v) is 10.2. The molecule has 0 bridgehead atoms. The molecule has 0 amide bonds. The van der Waals surface area contributed by atoms with Crippen molar-refractivity contribution in [3.05, 3.63) is 90.0 Å². The van der Waals surface area contributed by atoms with Gasteiger partial charge in [0.15, 0.2) is 0 Å². The molecule has 2 unspecified atom stereocenters. The van der Waals surface area contributed by atoms with Crippen molar-refractivity contribution in [1.82, 2.24) is 9.21 Å². The molecule has 3 aromatic rings. The predicted molar refractivity (Wildman–Crippen MR) is 128 cm³/mol. The van der Waals surface area contributed by atoms with Gasteiger partial charge in [0.05, 0.1) is 4.90 Å². The summed E-state index contributed by atoms with van der Waals surface area (Å²) >= 11 is 0. The fourth-order valence-corrected chi connectivity index (χ4v) is 6.50. The topological polar surface area (TPSA) is 23.6 Å². The fraction of sp³-hybridized carbons (Fsp3) is 0.333. The molecule has 0 spiro atoms. The quantitative estimate of drug-likeness (QED) is 0.559. The van der Waals surface area contributed by atoms with Crippen LogP contribution in [0.4, 0.5) is 0 Å². The lowest BCUT2D eigenvalue weighted by molar-refractivity contribution is 0.170. The van der Waals surface area contributed by atoms with E-state index in [-0.39, 0.29) is 0 Å². The van der Waals surface area contributed by atoms with Crippen LogP contribution in [0.2, 0.25) is 0 Å². The van der Waals surface area contributed by atoms with E-state index < -0.39 is 11.0 Å². The van der Waals surface area contributed by atoms with Crippen molar-refractivity contribution in [3.8, 4) is 11.1 Å². The Hall–Kier alpha value is -2.27. The van der Waals surface area contributed by atoms with E-state index in [1.54, 1.807) is 0 Å². The number of hydrogen-bond acceptors (Lipinski definition) is 2. The Morgan fingerprint density at radius 2 is 1.58 bits per heavy atom. The third-order valence-electron chi connectivity index (χ3n) is 6.60. The maximum Gasteiger partial charge on any atom is 0.128 e. The van der Waals surface area contributed by atoms with Crippen LogP contribution in [0.5, 0.6) is 0 Å². The SMILES string of the molecule is O=S(c1ccccc1-c1ccccc1)N1CCCC(CN2CCc3ccccc3C2)C1. The molecule has 1 saturated heterocycles. The molecular formula is C27H30N2OS. The molecule has 0 radical (unpaired) electrons. The molecule has 2 heterocycles. The lowest BCUT2D eigenvalue weighted by Crippen LogP contribution is -2.43. The average molecular weight is 431 g/mol. The predicted octanol–water partition coefficient (Wildman–Crippen LogP) is 5.15. The van der Waals surface area contributed by atoms with Crippen LogP contribution < -0.4 is 0 Å².